The molecule has 0 N–H and O–H groups in total. The summed E-state index contributed by atoms with van der Waals surface area (Å²) < 4.78 is 34.8. The molecule has 10 heteroatoms. The molecule has 0 aliphatic carbocycles. The number of sulfonamides is 1. The second-order valence-corrected chi connectivity index (χ2v) is 10.1. The molecule has 3 aromatic rings. The van der Waals surface area contributed by atoms with Gasteiger partial charge in [0.1, 0.15) is 0 Å². The van der Waals surface area contributed by atoms with E-state index in [1.807, 2.05) is 28.8 Å². The summed E-state index contributed by atoms with van der Waals surface area (Å²) in [5.41, 5.74) is 1.44. The molecule has 31 heavy (non-hydrogen) atoms. The van der Waals surface area contributed by atoms with Crippen LogP contribution in [0.1, 0.15) is 0 Å². The molecule has 162 valence electrons. The van der Waals surface area contributed by atoms with Gasteiger partial charge in [-0.15, -0.1) is 16.8 Å². The van der Waals surface area contributed by atoms with Crippen molar-refractivity contribution in [2.75, 3.05) is 32.1 Å². The van der Waals surface area contributed by atoms with Crippen molar-refractivity contribution in [3.05, 3.63) is 66.2 Å². The Morgan fingerprint density at radius 1 is 1.13 bits per heavy atom. The Morgan fingerprint density at radius 2 is 1.90 bits per heavy atom. The maximum absolute atomic E-state index is 13.1. The normalized spacial score (nSPS) is 15.1. The maximum atomic E-state index is 13.1. The van der Waals surface area contributed by atoms with Crippen LogP contribution in [0.2, 0.25) is 5.02 Å². The van der Waals surface area contributed by atoms with Crippen LogP contribution in [-0.4, -0.2) is 59.5 Å². The molecule has 2 aromatic carbocycles. The van der Waals surface area contributed by atoms with Crippen molar-refractivity contribution in [1.29, 1.82) is 0 Å². The summed E-state index contributed by atoms with van der Waals surface area (Å²) >= 11 is 7.70. The SMILES string of the molecule is C=CCSc1nnc(-c2cccc(S(=O)(=O)N3CCOCC3)c2)n1-c1cccc(Cl)c1. The van der Waals surface area contributed by atoms with Crippen molar-refractivity contribution >= 4 is 33.4 Å². The highest BCUT2D eigenvalue weighted by Crippen LogP contribution is 2.30. The van der Waals surface area contributed by atoms with E-state index in [0.29, 0.717) is 53.6 Å². The Morgan fingerprint density at radius 3 is 2.65 bits per heavy atom. The van der Waals surface area contributed by atoms with E-state index in [0.717, 1.165) is 5.69 Å². The molecule has 1 aromatic heterocycles. The number of hydrogen-bond donors (Lipinski definition) is 0. The maximum Gasteiger partial charge on any atom is 0.243 e. The van der Waals surface area contributed by atoms with Gasteiger partial charge in [-0.3, -0.25) is 4.57 Å². The lowest BCUT2D eigenvalue weighted by Crippen LogP contribution is -2.40. The van der Waals surface area contributed by atoms with E-state index in [1.165, 1.54) is 16.1 Å². The highest BCUT2D eigenvalue weighted by atomic mass is 35.5. The summed E-state index contributed by atoms with van der Waals surface area (Å²) in [5.74, 6) is 1.19. The Kier molecular flexibility index (Phi) is 6.78. The van der Waals surface area contributed by atoms with Gasteiger partial charge in [0.05, 0.1) is 23.8 Å². The predicted molar refractivity (Wildman–Crippen MR) is 122 cm³/mol. The second-order valence-electron chi connectivity index (χ2n) is 6.77. The molecule has 0 bridgehead atoms. The first-order valence-corrected chi connectivity index (χ1v) is 12.4. The Balaban J connectivity index is 1.79. The molecule has 0 saturated carbocycles. The van der Waals surface area contributed by atoms with Crippen LogP contribution in [0.25, 0.3) is 17.1 Å². The summed E-state index contributed by atoms with van der Waals surface area (Å²) in [6, 6.07) is 14.1. The van der Waals surface area contributed by atoms with Crippen molar-refractivity contribution in [2.45, 2.75) is 10.1 Å². The molecule has 2 heterocycles. The molecule has 1 aliphatic heterocycles. The molecule has 4 rings (SSSR count). The van der Waals surface area contributed by atoms with Crippen molar-refractivity contribution in [2.24, 2.45) is 0 Å². The lowest BCUT2D eigenvalue weighted by Gasteiger charge is -2.26. The van der Waals surface area contributed by atoms with Crippen molar-refractivity contribution in [1.82, 2.24) is 19.1 Å². The van der Waals surface area contributed by atoms with Crippen LogP contribution >= 0.6 is 23.4 Å². The number of ether oxygens (including phenoxy) is 1. The number of thioether (sulfide) groups is 1. The number of hydrogen-bond acceptors (Lipinski definition) is 6. The van der Waals surface area contributed by atoms with Crippen LogP contribution in [0.4, 0.5) is 0 Å². The fraction of sp³-hybridized carbons (Fsp3) is 0.238. The summed E-state index contributed by atoms with van der Waals surface area (Å²) in [5, 5.41) is 9.94. The highest BCUT2D eigenvalue weighted by Gasteiger charge is 2.27. The van der Waals surface area contributed by atoms with Gasteiger partial charge in [0.25, 0.3) is 0 Å². The van der Waals surface area contributed by atoms with Crippen LogP contribution in [0, 0.1) is 0 Å². The minimum absolute atomic E-state index is 0.216. The van der Waals surface area contributed by atoms with E-state index < -0.39 is 10.0 Å². The van der Waals surface area contributed by atoms with Gasteiger partial charge in [0.2, 0.25) is 10.0 Å². The smallest absolute Gasteiger partial charge is 0.243 e. The predicted octanol–water partition coefficient (Wildman–Crippen LogP) is 3.89. The summed E-state index contributed by atoms with van der Waals surface area (Å²) in [7, 11) is -3.63. The topological polar surface area (TPSA) is 77.3 Å². The Bertz CT molecular complexity index is 1190. The monoisotopic (exact) mass is 476 g/mol. The molecule has 1 fully saturated rings. The first-order chi connectivity index (χ1) is 15.0. The first-order valence-electron chi connectivity index (χ1n) is 9.64. The highest BCUT2D eigenvalue weighted by molar-refractivity contribution is 7.99. The molecular weight excluding hydrogens is 456 g/mol. The molecule has 1 aliphatic rings. The van der Waals surface area contributed by atoms with E-state index in [4.69, 9.17) is 16.3 Å². The van der Waals surface area contributed by atoms with Crippen LogP contribution in [-0.2, 0) is 14.8 Å². The number of rotatable bonds is 7. The van der Waals surface area contributed by atoms with Crippen LogP contribution in [0.5, 0.6) is 0 Å². The molecule has 0 amide bonds. The van der Waals surface area contributed by atoms with E-state index in [2.05, 4.69) is 16.8 Å². The van der Waals surface area contributed by atoms with Gasteiger partial charge in [0, 0.05) is 29.4 Å². The van der Waals surface area contributed by atoms with Gasteiger partial charge in [0.15, 0.2) is 11.0 Å². The zero-order valence-electron chi connectivity index (χ0n) is 16.6. The zero-order valence-corrected chi connectivity index (χ0v) is 19.0. The average Bonchev–Trinajstić information content (AvgIpc) is 3.22. The zero-order chi connectivity index (χ0) is 21.8. The lowest BCUT2D eigenvalue weighted by molar-refractivity contribution is 0.0730. The third kappa shape index (κ3) is 4.70. The second kappa shape index (κ2) is 9.54. The van der Waals surface area contributed by atoms with Gasteiger partial charge < -0.3 is 4.74 Å². The largest absolute Gasteiger partial charge is 0.379 e. The van der Waals surface area contributed by atoms with E-state index in [9.17, 15) is 8.42 Å². The van der Waals surface area contributed by atoms with Gasteiger partial charge in [-0.1, -0.05) is 47.6 Å². The Labute approximate surface area is 190 Å². The van der Waals surface area contributed by atoms with Gasteiger partial charge >= 0.3 is 0 Å². The van der Waals surface area contributed by atoms with Gasteiger partial charge in [-0.05, 0) is 30.3 Å². The van der Waals surface area contributed by atoms with E-state index >= 15 is 0 Å². The standard InChI is InChI=1S/C21H21ClN4O3S2/c1-2-13-30-21-24-23-20(26(21)18-7-4-6-17(22)15-18)16-5-3-8-19(14-16)31(27,28)25-9-11-29-12-10-25/h2-8,14-15H,1,9-13H2. The van der Waals surface area contributed by atoms with Gasteiger partial charge in [-0.25, -0.2) is 8.42 Å². The quantitative estimate of drug-likeness (QED) is 0.380. The van der Waals surface area contributed by atoms with Crippen LogP contribution < -0.4 is 0 Å². The lowest BCUT2D eigenvalue weighted by atomic mass is 10.2. The number of morpholine rings is 1. The Hall–Kier alpha value is -2.17. The average molecular weight is 477 g/mol. The third-order valence-electron chi connectivity index (χ3n) is 4.73. The van der Waals surface area contributed by atoms with Crippen molar-refractivity contribution in [3.8, 4) is 17.1 Å². The molecule has 0 spiro atoms. The van der Waals surface area contributed by atoms with Crippen LogP contribution in [0.15, 0.2) is 71.2 Å². The first kappa shape index (κ1) is 22.0. The molecule has 0 unspecified atom stereocenters. The number of benzene rings is 2. The van der Waals surface area contributed by atoms with Crippen LogP contribution in [0.3, 0.4) is 0 Å². The fourth-order valence-electron chi connectivity index (χ4n) is 3.26. The summed E-state index contributed by atoms with van der Waals surface area (Å²) in [6.07, 6.45) is 1.79. The van der Waals surface area contributed by atoms with Crippen molar-refractivity contribution in [3.63, 3.8) is 0 Å². The molecule has 0 atom stereocenters. The fourth-order valence-corrected chi connectivity index (χ4v) is 5.59. The molecule has 7 nitrogen and oxygen atoms in total. The van der Waals surface area contributed by atoms with Crippen molar-refractivity contribution < 1.29 is 13.2 Å². The molecular formula is C21H21ClN4O3S2. The van der Waals surface area contributed by atoms with E-state index in [1.54, 1.807) is 30.3 Å². The third-order valence-corrected chi connectivity index (χ3v) is 7.78. The minimum atomic E-state index is -3.63. The van der Waals surface area contributed by atoms with E-state index in [-0.39, 0.29) is 4.90 Å². The summed E-state index contributed by atoms with van der Waals surface area (Å²) in [6.45, 7) is 5.23. The summed E-state index contributed by atoms with van der Waals surface area (Å²) in [4.78, 5) is 0.216. The number of nitrogens with zero attached hydrogens (tertiary/aromatic N) is 4. The molecule has 0 radical (unpaired) electrons. The number of halogens is 1. The van der Waals surface area contributed by atoms with Gasteiger partial charge in [-0.2, -0.15) is 4.31 Å². The molecule has 1 saturated heterocycles. The number of aromatic nitrogens is 3. The minimum Gasteiger partial charge on any atom is -0.379 e.